The second-order valence-corrected chi connectivity index (χ2v) is 6.35. The lowest BCUT2D eigenvalue weighted by atomic mass is 9.83. The number of hydrogen-bond acceptors (Lipinski definition) is 3. The van der Waals surface area contributed by atoms with Gasteiger partial charge in [-0.05, 0) is 11.1 Å². The quantitative estimate of drug-likeness (QED) is 0.583. The van der Waals surface area contributed by atoms with E-state index in [1.165, 1.54) is 6.08 Å². The molecular formula is C21H21N3O3. The van der Waals surface area contributed by atoms with Crippen LogP contribution in [0, 0.1) is 0 Å². The molecule has 1 aliphatic rings. The molecule has 0 unspecified atom stereocenters. The molecule has 2 N–H and O–H groups in total. The van der Waals surface area contributed by atoms with Gasteiger partial charge in [0, 0.05) is 13.0 Å². The molecular weight excluding hydrogens is 342 g/mol. The summed E-state index contributed by atoms with van der Waals surface area (Å²) in [6, 6.07) is 18.0. The van der Waals surface area contributed by atoms with E-state index in [-0.39, 0.29) is 13.1 Å². The van der Waals surface area contributed by atoms with Crippen LogP contribution in [0.1, 0.15) is 11.1 Å². The molecule has 138 valence electrons. The second kappa shape index (κ2) is 7.86. The van der Waals surface area contributed by atoms with Crippen molar-refractivity contribution in [3.8, 4) is 0 Å². The number of nitrogens with zero attached hydrogens (tertiary/aromatic N) is 1. The van der Waals surface area contributed by atoms with Crippen LogP contribution in [0.5, 0.6) is 0 Å². The fourth-order valence-corrected chi connectivity index (χ4v) is 3.20. The summed E-state index contributed by atoms with van der Waals surface area (Å²) in [7, 11) is 0. The van der Waals surface area contributed by atoms with Gasteiger partial charge < -0.3 is 10.6 Å². The monoisotopic (exact) mass is 363 g/mol. The van der Waals surface area contributed by atoms with E-state index in [4.69, 9.17) is 0 Å². The molecule has 1 saturated heterocycles. The van der Waals surface area contributed by atoms with E-state index in [9.17, 15) is 14.4 Å². The van der Waals surface area contributed by atoms with Crippen LogP contribution in [0.25, 0.3) is 0 Å². The molecule has 6 nitrogen and oxygen atoms in total. The number of carbonyl (C=O) groups excluding carboxylic acids is 3. The highest BCUT2D eigenvalue weighted by molar-refractivity contribution is 6.09. The SMILES string of the molecule is C=CCNC(=O)CN1C(=O)N[C@](Cc2ccccc2)(c2ccccc2)C1=O. The predicted molar refractivity (Wildman–Crippen MR) is 102 cm³/mol. The Hall–Kier alpha value is -3.41. The molecule has 0 aromatic heterocycles. The van der Waals surface area contributed by atoms with E-state index < -0.39 is 23.4 Å². The maximum Gasteiger partial charge on any atom is 0.325 e. The van der Waals surface area contributed by atoms with Crippen LogP contribution in [0.3, 0.4) is 0 Å². The number of hydrogen-bond donors (Lipinski definition) is 2. The minimum Gasteiger partial charge on any atom is -0.351 e. The van der Waals surface area contributed by atoms with E-state index in [0.717, 1.165) is 10.5 Å². The Balaban J connectivity index is 1.94. The van der Waals surface area contributed by atoms with Crippen molar-refractivity contribution < 1.29 is 14.4 Å². The van der Waals surface area contributed by atoms with E-state index >= 15 is 0 Å². The first-order valence-corrected chi connectivity index (χ1v) is 8.68. The molecule has 1 heterocycles. The summed E-state index contributed by atoms with van der Waals surface area (Å²) in [5, 5.41) is 5.42. The lowest BCUT2D eigenvalue weighted by molar-refractivity contribution is -0.135. The predicted octanol–water partition coefficient (Wildman–Crippen LogP) is 1.98. The van der Waals surface area contributed by atoms with Crippen LogP contribution >= 0.6 is 0 Å². The summed E-state index contributed by atoms with van der Waals surface area (Å²) in [5.74, 6) is -0.849. The van der Waals surface area contributed by atoms with E-state index in [0.29, 0.717) is 12.0 Å². The first-order chi connectivity index (χ1) is 13.1. The molecule has 0 bridgehead atoms. The summed E-state index contributed by atoms with van der Waals surface area (Å²) in [4.78, 5) is 38.9. The highest BCUT2D eigenvalue weighted by Crippen LogP contribution is 2.32. The van der Waals surface area contributed by atoms with Gasteiger partial charge in [-0.3, -0.25) is 14.5 Å². The molecule has 3 rings (SSSR count). The van der Waals surface area contributed by atoms with Gasteiger partial charge in [-0.15, -0.1) is 6.58 Å². The van der Waals surface area contributed by atoms with Crippen molar-refractivity contribution in [1.82, 2.24) is 15.5 Å². The van der Waals surface area contributed by atoms with Gasteiger partial charge in [-0.25, -0.2) is 4.79 Å². The lowest BCUT2D eigenvalue weighted by Crippen LogP contribution is -2.47. The molecule has 1 aliphatic heterocycles. The summed E-state index contributed by atoms with van der Waals surface area (Å²) >= 11 is 0. The Kier molecular flexibility index (Phi) is 5.35. The third-order valence-electron chi connectivity index (χ3n) is 4.50. The molecule has 2 aromatic rings. The molecule has 27 heavy (non-hydrogen) atoms. The zero-order chi connectivity index (χ0) is 19.3. The number of benzene rings is 2. The van der Waals surface area contributed by atoms with Crippen LogP contribution in [0.4, 0.5) is 4.79 Å². The van der Waals surface area contributed by atoms with Crippen LogP contribution < -0.4 is 10.6 Å². The number of urea groups is 1. The fourth-order valence-electron chi connectivity index (χ4n) is 3.20. The minimum atomic E-state index is -1.24. The highest BCUT2D eigenvalue weighted by atomic mass is 16.2. The Morgan fingerprint density at radius 3 is 2.33 bits per heavy atom. The summed E-state index contributed by atoms with van der Waals surface area (Å²) in [6.45, 7) is 3.47. The van der Waals surface area contributed by atoms with Crippen LogP contribution in [-0.2, 0) is 21.5 Å². The van der Waals surface area contributed by atoms with Crippen molar-refractivity contribution in [2.45, 2.75) is 12.0 Å². The van der Waals surface area contributed by atoms with Gasteiger partial charge in [0.15, 0.2) is 5.54 Å². The molecule has 0 radical (unpaired) electrons. The summed E-state index contributed by atoms with van der Waals surface area (Å²) in [6.07, 6.45) is 1.83. The Morgan fingerprint density at radius 1 is 1.07 bits per heavy atom. The third kappa shape index (κ3) is 3.74. The van der Waals surface area contributed by atoms with Crippen LogP contribution in [0.2, 0.25) is 0 Å². The zero-order valence-electron chi connectivity index (χ0n) is 14.9. The average Bonchev–Trinajstić information content (AvgIpc) is 2.93. The molecule has 0 aliphatic carbocycles. The topological polar surface area (TPSA) is 78.5 Å². The first kappa shape index (κ1) is 18.4. The average molecular weight is 363 g/mol. The molecule has 6 heteroatoms. The molecule has 4 amide bonds. The number of carbonyl (C=O) groups is 3. The number of rotatable bonds is 7. The maximum absolute atomic E-state index is 13.3. The highest BCUT2D eigenvalue weighted by Gasteiger charge is 2.52. The maximum atomic E-state index is 13.3. The Bertz CT molecular complexity index is 851. The largest absolute Gasteiger partial charge is 0.351 e. The standard InChI is InChI=1S/C21H21N3O3/c1-2-13-22-18(25)15-24-19(26)21(23-20(24)27,17-11-7-4-8-12-17)14-16-9-5-3-6-10-16/h2-12H,1,13-15H2,(H,22,25)(H,23,27)/t21-/m1/s1. The number of nitrogens with one attached hydrogen (secondary N) is 2. The molecule has 1 fully saturated rings. The molecule has 2 aromatic carbocycles. The first-order valence-electron chi connectivity index (χ1n) is 8.68. The third-order valence-corrected chi connectivity index (χ3v) is 4.50. The second-order valence-electron chi connectivity index (χ2n) is 6.35. The van der Waals surface area contributed by atoms with Crippen molar-refractivity contribution in [1.29, 1.82) is 0 Å². The zero-order valence-corrected chi connectivity index (χ0v) is 14.9. The van der Waals surface area contributed by atoms with E-state index in [1.54, 1.807) is 0 Å². The fraction of sp³-hybridized carbons (Fsp3) is 0.190. The summed E-state index contributed by atoms with van der Waals surface area (Å²) < 4.78 is 0. The van der Waals surface area contributed by atoms with Crippen molar-refractivity contribution >= 4 is 17.8 Å². The van der Waals surface area contributed by atoms with Crippen LogP contribution in [-0.4, -0.2) is 35.8 Å². The van der Waals surface area contributed by atoms with Gasteiger partial charge in [0.1, 0.15) is 6.54 Å². The Morgan fingerprint density at radius 2 is 1.70 bits per heavy atom. The Labute approximate surface area is 157 Å². The van der Waals surface area contributed by atoms with Crippen molar-refractivity contribution in [3.05, 3.63) is 84.4 Å². The normalized spacial score (nSPS) is 18.9. The number of imide groups is 1. The van der Waals surface area contributed by atoms with Gasteiger partial charge in [0.05, 0.1) is 0 Å². The summed E-state index contributed by atoms with van der Waals surface area (Å²) in [5.41, 5.74) is 0.354. The van der Waals surface area contributed by atoms with Crippen molar-refractivity contribution in [2.75, 3.05) is 13.1 Å². The minimum absolute atomic E-state index is 0.274. The van der Waals surface area contributed by atoms with E-state index in [1.807, 2.05) is 60.7 Å². The molecule has 1 atom stereocenters. The number of amides is 4. The van der Waals surface area contributed by atoms with Gasteiger partial charge in [0.25, 0.3) is 5.91 Å². The van der Waals surface area contributed by atoms with Gasteiger partial charge in [-0.1, -0.05) is 66.7 Å². The smallest absolute Gasteiger partial charge is 0.325 e. The van der Waals surface area contributed by atoms with Gasteiger partial charge in [0.2, 0.25) is 5.91 Å². The lowest BCUT2D eigenvalue weighted by Gasteiger charge is -2.27. The van der Waals surface area contributed by atoms with Crippen LogP contribution in [0.15, 0.2) is 73.3 Å². The van der Waals surface area contributed by atoms with Crippen molar-refractivity contribution in [2.24, 2.45) is 0 Å². The van der Waals surface area contributed by atoms with Crippen molar-refractivity contribution in [3.63, 3.8) is 0 Å². The molecule has 0 spiro atoms. The van der Waals surface area contributed by atoms with Gasteiger partial charge >= 0.3 is 6.03 Å². The van der Waals surface area contributed by atoms with E-state index in [2.05, 4.69) is 17.2 Å². The molecule has 0 saturated carbocycles. The van der Waals surface area contributed by atoms with Gasteiger partial charge in [-0.2, -0.15) is 0 Å².